The second kappa shape index (κ2) is 13.2. The SMILES string of the molecule is CCCCCOc1ccc(C(=O)CCC(=O)OCC(=O)N[C@@H](C)c2ccccc2)cc1. The van der Waals surface area contributed by atoms with E-state index in [1.54, 1.807) is 24.3 Å². The van der Waals surface area contributed by atoms with Crippen LogP contribution < -0.4 is 10.1 Å². The fraction of sp³-hybridized carbons (Fsp3) is 0.400. The Kier molecular flexibility index (Phi) is 10.3. The van der Waals surface area contributed by atoms with E-state index in [9.17, 15) is 14.4 Å². The Balaban J connectivity index is 1.67. The zero-order chi connectivity index (χ0) is 22.5. The van der Waals surface area contributed by atoms with Crippen molar-refractivity contribution in [3.05, 3.63) is 65.7 Å². The molecule has 6 nitrogen and oxygen atoms in total. The van der Waals surface area contributed by atoms with E-state index in [1.165, 1.54) is 0 Å². The fourth-order valence-corrected chi connectivity index (χ4v) is 2.97. The lowest BCUT2D eigenvalue weighted by Gasteiger charge is -2.14. The third-order valence-electron chi connectivity index (χ3n) is 4.79. The van der Waals surface area contributed by atoms with Crippen LogP contribution in [-0.2, 0) is 14.3 Å². The highest BCUT2D eigenvalue weighted by Gasteiger charge is 2.14. The molecule has 0 heterocycles. The van der Waals surface area contributed by atoms with Crippen molar-refractivity contribution in [2.45, 2.75) is 52.0 Å². The van der Waals surface area contributed by atoms with Gasteiger partial charge in [-0.2, -0.15) is 0 Å². The van der Waals surface area contributed by atoms with E-state index in [2.05, 4.69) is 12.2 Å². The van der Waals surface area contributed by atoms with E-state index in [4.69, 9.17) is 9.47 Å². The predicted molar refractivity (Wildman–Crippen MR) is 119 cm³/mol. The zero-order valence-corrected chi connectivity index (χ0v) is 18.3. The van der Waals surface area contributed by atoms with Gasteiger partial charge in [0.1, 0.15) is 5.75 Å². The first-order chi connectivity index (χ1) is 15.0. The minimum Gasteiger partial charge on any atom is -0.494 e. The average molecular weight is 426 g/mol. The number of esters is 1. The summed E-state index contributed by atoms with van der Waals surface area (Å²) in [5, 5.41) is 2.77. The van der Waals surface area contributed by atoms with Gasteiger partial charge in [0.2, 0.25) is 0 Å². The normalized spacial score (nSPS) is 11.4. The molecule has 31 heavy (non-hydrogen) atoms. The first-order valence-electron chi connectivity index (χ1n) is 10.8. The third kappa shape index (κ3) is 9.03. The van der Waals surface area contributed by atoms with Gasteiger partial charge in [-0.05, 0) is 43.2 Å². The van der Waals surface area contributed by atoms with Crippen LogP contribution in [0.1, 0.15) is 67.9 Å². The van der Waals surface area contributed by atoms with Gasteiger partial charge in [-0.15, -0.1) is 0 Å². The molecule has 1 amide bonds. The number of rotatable bonds is 13. The summed E-state index contributed by atoms with van der Waals surface area (Å²) >= 11 is 0. The van der Waals surface area contributed by atoms with Crippen LogP contribution in [0, 0.1) is 0 Å². The molecule has 2 aromatic rings. The van der Waals surface area contributed by atoms with Crippen molar-refractivity contribution in [1.82, 2.24) is 5.32 Å². The summed E-state index contributed by atoms with van der Waals surface area (Å²) < 4.78 is 10.6. The molecule has 0 saturated carbocycles. The van der Waals surface area contributed by atoms with Gasteiger partial charge < -0.3 is 14.8 Å². The number of hydrogen-bond acceptors (Lipinski definition) is 5. The lowest BCUT2D eigenvalue weighted by atomic mass is 10.1. The van der Waals surface area contributed by atoms with Gasteiger partial charge in [-0.3, -0.25) is 14.4 Å². The van der Waals surface area contributed by atoms with Crippen LogP contribution in [0.3, 0.4) is 0 Å². The van der Waals surface area contributed by atoms with Crippen LogP contribution in [0.15, 0.2) is 54.6 Å². The molecule has 2 rings (SSSR count). The molecule has 0 saturated heterocycles. The summed E-state index contributed by atoms with van der Waals surface area (Å²) in [5.41, 5.74) is 1.48. The summed E-state index contributed by atoms with van der Waals surface area (Å²) in [7, 11) is 0. The molecule has 0 unspecified atom stereocenters. The van der Waals surface area contributed by atoms with Crippen molar-refractivity contribution >= 4 is 17.7 Å². The summed E-state index contributed by atoms with van der Waals surface area (Å²) in [4.78, 5) is 36.1. The molecule has 0 aliphatic rings. The molecule has 0 spiro atoms. The number of unbranched alkanes of at least 4 members (excludes halogenated alkanes) is 2. The maximum absolute atomic E-state index is 12.3. The van der Waals surface area contributed by atoms with Gasteiger partial charge in [0.25, 0.3) is 5.91 Å². The van der Waals surface area contributed by atoms with E-state index in [1.807, 2.05) is 37.3 Å². The molecule has 0 radical (unpaired) electrons. The lowest BCUT2D eigenvalue weighted by molar-refractivity contribution is -0.148. The smallest absolute Gasteiger partial charge is 0.306 e. The third-order valence-corrected chi connectivity index (χ3v) is 4.79. The molecule has 0 aliphatic carbocycles. The Bertz CT molecular complexity index is 833. The molecule has 1 atom stereocenters. The lowest BCUT2D eigenvalue weighted by Crippen LogP contribution is -2.31. The number of hydrogen-bond donors (Lipinski definition) is 1. The molecule has 2 aromatic carbocycles. The van der Waals surface area contributed by atoms with Crippen molar-refractivity contribution in [3.8, 4) is 5.75 Å². The minimum absolute atomic E-state index is 0.0254. The Labute approximate surface area is 183 Å². The summed E-state index contributed by atoms with van der Waals surface area (Å²) in [6.45, 7) is 4.28. The zero-order valence-electron chi connectivity index (χ0n) is 18.3. The molecule has 166 valence electrons. The van der Waals surface area contributed by atoms with Gasteiger partial charge >= 0.3 is 5.97 Å². The van der Waals surface area contributed by atoms with Crippen LogP contribution >= 0.6 is 0 Å². The van der Waals surface area contributed by atoms with Gasteiger partial charge in [0, 0.05) is 12.0 Å². The standard InChI is InChI=1S/C25H31NO5/c1-3-4-8-17-30-22-13-11-21(12-14-22)23(27)15-16-25(29)31-18-24(28)26-19(2)20-9-6-5-7-10-20/h5-7,9-14,19H,3-4,8,15-18H2,1-2H3,(H,26,28)/t19-/m0/s1. The van der Waals surface area contributed by atoms with Gasteiger partial charge in [0.15, 0.2) is 12.4 Å². The van der Waals surface area contributed by atoms with E-state index in [-0.39, 0.29) is 37.2 Å². The molecule has 0 aliphatic heterocycles. The van der Waals surface area contributed by atoms with Gasteiger partial charge in [-0.25, -0.2) is 0 Å². The van der Waals surface area contributed by atoms with Crippen molar-refractivity contribution in [3.63, 3.8) is 0 Å². The predicted octanol–water partition coefficient (Wildman–Crippen LogP) is 4.64. The Hall–Kier alpha value is -3.15. The highest BCUT2D eigenvalue weighted by molar-refractivity contribution is 5.97. The second-order valence-corrected chi connectivity index (χ2v) is 7.36. The van der Waals surface area contributed by atoms with E-state index in [0.29, 0.717) is 12.2 Å². The molecule has 0 aromatic heterocycles. The Morgan fingerprint density at radius 1 is 0.935 bits per heavy atom. The average Bonchev–Trinajstić information content (AvgIpc) is 2.80. The number of amides is 1. The van der Waals surface area contributed by atoms with E-state index >= 15 is 0 Å². The summed E-state index contributed by atoms with van der Waals surface area (Å²) in [6.07, 6.45) is 3.22. The largest absolute Gasteiger partial charge is 0.494 e. The highest BCUT2D eigenvalue weighted by Crippen LogP contribution is 2.15. The fourth-order valence-electron chi connectivity index (χ4n) is 2.97. The number of ketones is 1. The number of Topliss-reactive ketones (excluding diaryl/α,β-unsaturated/α-hetero) is 1. The molecular weight excluding hydrogens is 394 g/mol. The quantitative estimate of drug-likeness (QED) is 0.287. The van der Waals surface area contributed by atoms with Gasteiger partial charge in [0.05, 0.1) is 19.1 Å². The van der Waals surface area contributed by atoms with Crippen molar-refractivity contribution in [1.29, 1.82) is 0 Å². The summed E-state index contributed by atoms with van der Waals surface area (Å²) in [5.74, 6) is -0.392. The maximum Gasteiger partial charge on any atom is 0.306 e. The van der Waals surface area contributed by atoms with Crippen molar-refractivity contribution < 1.29 is 23.9 Å². The monoisotopic (exact) mass is 425 g/mol. The minimum atomic E-state index is -0.577. The van der Waals surface area contributed by atoms with Crippen molar-refractivity contribution in [2.24, 2.45) is 0 Å². The van der Waals surface area contributed by atoms with Crippen LogP contribution in [0.25, 0.3) is 0 Å². The number of ether oxygens (including phenoxy) is 2. The number of carbonyl (C=O) groups is 3. The van der Waals surface area contributed by atoms with Crippen LogP contribution in [0.5, 0.6) is 5.75 Å². The Morgan fingerprint density at radius 2 is 1.65 bits per heavy atom. The van der Waals surface area contributed by atoms with Crippen LogP contribution in [0.2, 0.25) is 0 Å². The van der Waals surface area contributed by atoms with E-state index in [0.717, 1.165) is 30.6 Å². The molecule has 6 heteroatoms. The van der Waals surface area contributed by atoms with E-state index < -0.39 is 5.97 Å². The molecular formula is C25H31NO5. The number of carbonyl (C=O) groups excluding carboxylic acids is 3. The topological polar surface area (TPSA) is 81.7 Å². The highest BCUT2D eigenvalue weighted by atomic mass is 16.5. The maximum atomic E-state index is 12.3. The second-order valence-electron chi connectivity index (χ2n) is 7.36. The van der Waals surface area contributed by atoms with Gasteiger partial charge in [-0.1, -0.05) is 50.1 Å². The summed E-state index contributed by atoms with van der Waals surface area (Å²) in [6, 6.07) is 16.2. The first-order valence-corrected chi connectivity index (χ1v) is 10.8. The molecule has 0 fully saturated rings. The van der Waals surface area contributed by atoms with Crippen molar-refractivity contribution in [2.75, 3.05) is 13.2 Å². The molecule has 0 bridgehead atoms. The van der Waals surface area contributed by atoms with Crippen LogP contribution in [-0.4, -0.2) is 30.9 Å². The first kappa shape index (κ1) is 24.1. The van der Waals surface area contributed by atoms with Crippen LogP contribution in [0.4, 0.5) is 0 Å². The number of nitrogens with one attached hydrogen (secondary N) is 1. The Morgan fingerprint density at radius 3 is 2.32 bits per heavy atom. The number of benzene rings is 2. The molecule has 1 N–H and O–H groups in total.